The Kier molecular flexibility index (Phi) is 8.14. The molecule has 0 saturated heterocycles. The normalized spacial score (nSPS) is 10.1. The molecule has 0 heterocycles. The van der Waals surface area contributed by atoms with Gasteiger partial charge in [0.2, 0.25) is 11.8 Å². The zero-order valence-corrected chi connectivity index (χ0v) is 16.4. The average Bonchev–Trinajstić information content (AvgIpc) is 2.69. The van der Waals surface area contributed by atoms with Crippen LogP contribution in [0.3, 0.4) is 0 Å². The minimum atomic E-state index is -0.274. The number of carbonyl (C=O) groups is 2. The highest BCUT2D eigenvalue weighted by molar-refractivity contribution is 5.94. The van der Waals surface area contributed by atoms with Crippen LogP contribution in [0.5, 0.6) is 17.2 Å². The summed E-state index contributed by atoms with van der Waals surface area (Å²) in [5, 5.41) is 2.77. The van der Waals surface area contributed by atoms with E-state index in [0.717, 1.165) is 11.5 Å². The molecule has 0 aliphatic rings. The summed E-state index contributed by atoms with van der Waals surface area (Å²) in [5.41, 5.74) is 0.645. The van der Waals surface area contributed by atoms with E-state index in [9.17, 15) is 9.59 Å². The monoisotopic (exact) mass is 386 g/mol. The number of carbonyl (C=O) groups excluding carboxylic acids is 2. The fourth-order valence-electron chi connectivity index (χ4n) is 2.47. The van der Waals surface area contributed by atoms with Crippen molar-refractivity contribution in [1.29, 1.82) is 0 Å². The van der Waals surface area contributed by atoms with Crippen LogP contribution in [0.25, 0.3) is 0 Å². The predicted octanol–water partition coefficient (Wildman–Crippen LogP) is 2.96. The van der Waals surface area contributed by atoms with Gasteiger partial charge >= 0.3 is 0 Å². The van der Waals surface area contributed by atoms with Gasteiger partial charge in [0.05, 0.1) is 26.8 Å². The Labute approximate surface area is 165 Å². The van der Waals surface area contributed by atoms with Gasteiger partial charge in [0.25, 0.3) is 0 Å². The van der Waals surface area contributed by atoms with Crippen LogP contribution in [0, 0.1) is 0 Å². The van der Waals surface area contributed by atoms with E-state index in [1.165, 1.54) is 11.8 Å². The first-order chi connectivity index (χ1) is 13.5. The van der Waals surface area contributed by atoms with Crippen LogP contribution in [0.4, 0.5) is 5.69 Å². The van der Waals surface area contributed by atoms with Gasteiger partial charge in [-0.15, -0.1) is 0 Å². The second kappa shape index (κ2) is 10.8. The smallest absolute Gasteiger partial charge is 0.243 e. The molecule has 0 bridgehead atoms. The van der Waals surface area contributed by atoms with Gasteiger partial charge in [-0.1, -0.05) is 0 Å². The van der Waals surface area contributed by atoms with E-state index in [0.29, 0.717) is 24.6 Å². The first kappa shape index (κ1) is 21.1. The fourth-order valence-corrected chi connectivity index (χ4v) is 2.47. The third-order valence-electron chi connectivity index (χ3n) is 3.92. The Balaban J connectivity index is 1.81. The number of nitrogens with zero attached hydrogens (tertiary/aromatic N) is 1. The third kappa shape index (κ3) is 6.83. The molecular weight excluding hydrogens is 360 g/mol. The molecule has 7 nitrogen and oxygen atoms in total. The topological polar surface area (TPSA) is 77.1 Å². The molecule has 7 heteroatoms. The van der Waals surface area contributed by atoms with Crippen LogP contribution >= 0.6 is 0 Å². The molecule has 2 aromatic carbocycles. The standard InChI is InChI=1S/C21H26N2O5/c1-4-27-19-7-5-17(6-8-19)22-21(25)15-23(16(2)24)13-14-28-20-11-9-18(26-3)10-12-20/h5-12H,4,13-15H2,1-3H3,(H,22,25). The minimum absolute atomic E-state index is 0.0471. The molecule has 0 saturated carbocycles. The van der Waals surface area contributed by atoms with Crippen molar-refractivity contribution < 1.29 is 23.8 Å². The molecule has 1 N–H and O–H groups in total. The molecule has 0 unspecified atom stereocenters. The van der Waals surface area contributed by atoms with Crippen LogP contribution in [-0.2, 0) is 9.59 Å². The highest BCUT2D eigenvalue weighted by Crippen LogP contribution is 2.17. The molecule has 0 atom stereocenters. The summed E-state index contributed by atoms with van der Waals surface area (Å²) in [5.74, 6) is 1.68. The van der Waals surface area contributed by atoms with Crippen molar-refractivity contribution in [2.45, 2.75) is 13.8 Å². The first-order valence-corrected chi connectivity index (χ1v) is 9.07. The summed E-state index contributed by atoms with van der Waals surface area (Å²) in [6.45, 7) is 4.45. The molecule has 0 radical (unpaired) electrons. The number of amides is 2. The largest absolute Gasteiger partial charge is 0.497 e. The number of nitrogens with one attached hydrogen (secondary N) is 1. The Morgan fingerprint density at radius 2 is 1.50 bits per heavy atom. The Morgan fingerprint density at radius 1 is 0.929 bits per heavy atom. The zero-order valence-electron chi connectivity index (χ0n) is 16.4. The third-order valence-corrected chi connectivity index (χ3v) is 3.92. The van der Waals surface area contributed by atoms with Crippen molar-refractivity contribution >= 4 is 17.5 Å². The number of methoxy groups -OCH3 is 1. The van der Waals surface area contributed by atoms with Crippen molar-refractivity contribution in [2.75, 3.05) is 38.7 Å². The number of ether oxygens (including phenoxy) is 3. The lowest BCUT2D eigenvalue weighted by Crippen LogP contribution is -2.39. The SMILES string of the molecule is CCOc1ccc(NC(=O)CN(CCOc2ccc(OC)cc2)C(C)=O)cc1. The summed E-state index contributed by atoms with van der Waals surface area (Å²) in [4.78, 5) is 25.5. The van der Waals surface area contributed by atoms with Gasteiger partial charge in [0.15, 0.2) is 0 Å². The maximum atomic E-state index is 12.3. The summed E-state index contributed by atoms with van der Waals surface area (Å²) < 4.78 is 16.1. The fraction of sp³-hybridized carbons (Fsp3) is 0.333. The summed E-state index contributed by atoms with van der Waals surface area (Å²) in [6, 6.07) is 14.2. The van der Waals surface area contributed by atoms with Crippen molar-refractivity contribution in [3.63, 3.8) is 0 Å². The molecule has 2 aromatic rings. The molecule has 0 aromatic heterocycles. The number of anilines is 1. The summed E-state index contributed by atoms with van der Waals surface area (Å²) >= 11 is 0. The first-order valence-electron chi connectivity index (χ1n) is 9.07. The number of rotatable bonds is 10. The van der Waals surface area contributed by atoms with Crippen LogP contribution in [0.2, 0.25) is 0 Å². The van der Waals surface area contributed by atoms with Crippen LogP contribution in [0.15, 0.2) is 48.5 Å². The molecule has 0 spiro atoms. The lowest BCUT2D eigenvalue weighted by Gasteiger charge is -2.20. The average molecular weight is 386 g/mol. The van der Waals surface area contributed by atoms with E-state index >= 15 is 0 Å². The van der Waals surface area contributed by atoms with E-state index in [-0.39, 0.29) is 25.0 Å². The number of hydrogen-bond donors (Lipinski definition) is 1. The van der Waals surface area contributed by atoms with Gasteiger partial charge in [-0.3, -0.25) is 9.59 Å². The maximum Gasteiger partial charge on any atom is 0.243 e. The highest BCUT2D eigenvalue weighted by Gasteiger charge is 2.14. The number of benzene rings is 2. The highest BCUT2D eigenvalue weighted by atomic mass is 16.5. The molecule has 0 aliphatic heterocycles. The second-order valence-corrected chi connectivity index (χ2v) is 5.97. The van der Waals surface area contributed by atoms with Crippen LogP contribution < -0.4 is 19.5 Å². The van der Waals surface area contributed by atoms with E-state index < -0.39 is 0 Å². The lowest BCUT2D eigenvalue weighted by molar-refractivity contribution is -0.133. The van der Waals surface area contributed by atoms with Gasteiger partial charge in [0, 0.05) is 12.6 Å². The molecule has 28 heavy (non-hydrogen) atoms. The molecular formula is C21H26N2O5. The minimum Gasteiger partial charge on any atom is -0.497 e. The van der Waals surface area contributed by atoms with Crippen molar-refractivity contribution in [3.05, 3.63) is 48.5 Å². The van der Waals surface area contributed by atoms with Gasteiger partial charge in [0.1, 0.15) is 23.9 Å². The second-order valence-electron chi connectivity index (χ2n) is 5.97. The van der Waals surface area contributed by atoms with Gasteiger partial charge in [-0.05, 0) is 55.5 Å². The Morgan fingerprint density at radius 3 is 2.07 bits per heavy atom. The summed E-state index contributed by atoms with van der Waals surface area (Å²) in [7, 11) is 1.60. The molecule has 150 valence electrons. The predicted molar refractivity (Wildman–Crippen MR) is 107 cm³/mol. The van der Waals surface area contributed by atoms with Crippen molar-refractivity contribution in [3.8, 4) is 17.2 Å². The van der Waals surface area contributed by atoms with E-state index in [2.05, 4.69) is 5.32 Å². The lowest BCUT2D eigenvalue weighted by atomic mass is 10.3. The molecule has 2 rings (SSSR count). The maximum absolute atomic E-state index is 12.3. The van der Waals surface area contributed by atoms with Crippen molar-refractivity contribution in [1.82, 2.24) is 4.90 Å². The van der Waals surface area contributed by atoms with Crippen LogP contribution in [-0.4, -0.2) is 50.1 Å². The zero-order chi connectivity index (χ0) is 20.4. The Bertz CT molecular complexity index is 759. The van der Waals surface area contributed by atoms with E-state index in [1.807, 2.05) is 6.92 Å². The van der Waals surface area contributed by atoms with E-state index in [4.69, 9.17) is 14.2 Å². The number of hydrogen-bond acceptors (Lipinski definition) is 5. The van der Waals surface area contributed by atoms with E-state index in [1.54, 1.807) is 55.6 Å². The van der Waals surface area contributed by atoms with Gasteiger partial charge in [-0.25, -0.2) is 0 Å². The molecule has 2 amide bonds. The molecule has 0 aliphatic carbocycles. The van der Waals surface area contributed by atoms with Crippen LogP contribution in [0.1, 0.15) is 13.8 Å². The van der Waals surface area contributed by atoms with Gasteiger partial charge in [-0.2, -0.15) is 0 Å². The Hall–Kier alpha value is -3.22. The van der Waals surface area contributed by atoms with Crippen molar-refractivity contribution in [2.24, 2.45) is 0 Å². The molecule has 0 fully saturated rings. The summed E-state index contributed by atoms with van der Waals surface area (Å²) in [6.07, 6.45) is 0. The quantitative estimate of drug-likeness (QED) is 0.679. The van der Waals surface area contributed by atoms with Gasteiger partial charge < -0.3 is 24.4 Å².